The molecule has 9 heteroatoms. The number of aromatic amines is 1. The van der Waals surface area contributed by atoms with E-state index >= 15 is 0 Å². The standard InChI is InChI=1S/C18H16ClN3O4S/c1-26-18(23)11-2-4-15-13(8-11)14-10-22(7-6-16(14)21-15)27(24,25)12-3-5-17(19)20-9-12/h2-5,8-9,21H,6-7,10H2,1H3. The van der Waals surface area contributed by atoms with Crippen LogP contribution in [0.1, 0.15) is 21.6 Å². The average molecular weight is 406 g/mol. The Hall–Kier alpha value is -2.42. The zero-order valence-electron chi connectivity index (χ0n) is 14.4. The molecule has 3 aromatic rings. The van der Waals surface area contributed by atoms with Gasteiger partial charge >= 0.3 is 5.97 Å². The normalized spacial score (nSPS) is 14.9. The maximum absolute atomic E-state index is 12.9. The molecule has 1 aromatic carbocycles. The number of sulfonamides is 1. The molecule has 0 atom stereocenters. The first-order valence-electron chi connectivity index (χ1n) is 8.23. The van der Waals surface area contributed by atoms with E-state index in [1.54, 1.807) is 12.1 Å². The molecule has 0 fully saturated rings. The summed E-state index contributed by atoms with van der Waals surface area (Å²) in [5, 5.41) is 1.06. The molecule has 0 aliphatic carbocycles. The minimum atomic E-state index is -3.69. The molecule has 0 bridgehead atoms. The monoisotopic (exact) mass is 405 g/mol. The largest absolute Gasteiger partial charge is 0.465 e. The lowest BCUT2D eigenvalue weighted by Gasteiger charge is -2.26. The molecule has 0 saturated carbocycles. The average Bonchev–Trinajstić information content (AvgIpc) is 3.04. The van der Waals surface area contributed by atoms with Crippen LogP contribution in [0, 0.1) is 0 Å². The minimum Gasteiger partial charge on any atom is -0.465 e. The van der Waals surface area contributed by atoms with Crippen molar-refractivity contribution in [2.75, 3.05) is 13.7 Å². The Balaban J connectivity index is 1.73. The second-order valence-electron chi connectivity index (χ2n) is 6.24. The number of carbonyl (C=O) groups excluding carboxylic acids is 1. The van der Waals surface area contributed by atoms with Crippen LogP contribution in [0.15, 0.2) is 41.4 Å². The number of nitrogens with zero attached hydrogens (tertiary/aromatic N) is 2. The molecule has 27 heavy (non-hydrogen) atoms. The Morgan fingerprint density at radius 2 is 2.11 bits per heavy atom. The number of ether oxygens (including phenoxy) is 1. The lowest BCUT2D eigenvalue weighted by atomic mass is 10.0. The second-order valence-corrected chi connectivity index (χ2v) is 8.56. The van der Waals surface area contributed by atoms with Gasteiger partial charge in [-0.05, 0) is 35.9 Å². The van der Waals surface area contributed by atoms with Crippen molar-refractivity contribution in [2.24, 2.45) is 0 Å². The van der Waals surface area contributed by atoms with Crippen LogP contribution >= 0.6 is 11.6 Å². The first-order chi connectivity index (χ1) is 12.9. The third-order valence-electron chi connectivity index (χ3n) is 4.70. The van der Waals surface area contributed by atoms with Crippen LogP contribution in [0.4, 0.5) is 0 Å². The number of esters is 1. The summed E-state index contributed by atoms with van der Waals surface area (Å²) in [7, 11) is -2.37. The van der Waals surface area contributed by atoms with E-state index in [-0.39, 0.29) is 16.6 Å². The zero-order valence-corrected chi connectivity index (χ0v) is 16.0. The van der Waals surface area contributed by atoms with E-state index in [2.05, 4.69) is 9.97 Å². The lowest BCUT2D eigenvalue weighted by molar-refractivity contribution is 0.0601. The van der Waals surface area contributed by atoms with Gasteiger partial charge in [-0.3, -0.25) is 0 Å². The Bertz CT molecular complexity index is 1140. The smallest absolute Gasteiger partial charge is 0.337 e. The van der Waals surface area contributed by atoms with E-state index in [4.69, 9.17) is 16.3 Å². The van der Waals surface area contributed by atoms with Crippen molar-refractivity contribution in [3.8, 4) is 0 Å². The van der Waals surface area contributed by atoms with E-state index in [1.807, 2.05) is 6.07 Å². The molecule has 1 N–H and O–H groups in total. The van der Waals surface area contributed by atoms with Crippen molar-refractivity contribution < 1.29 is 17.9 Å². The first-order valence-corrected chi connectivity index (χ1v) is 10.1. The fraction of sp³-hybridized carbons (Fsp3) is 0.222. The van der Waals surface area contributed by atoms with Gasteiger partial charge in [-0.2, -0.15) is 4.31 Å². The summed E-state index contributed by atoms with van der Waals surface area (Å²) < 4.78 is 32.1. The lowest BCUT2D eigenvalue weighted by Crippen LogP contribution is -2.35. The Morgan fingerprint density at radius 3 is 2.81 bits per heavy atom. The topological polar surface area (TPSA) is 92.4 Å². The fourth-order valence-electron chi connectivity index (χ4n) is 3.30. The number of nitrogens with one attached hydrogen (secondary N) is 1. The number of benzene rings is 1. The van der Waals surface area contributed by atoms with Gasteiger partial charge in [0.25, 0.3) is 0 Å². The molecule has 3 heterocycles. The van der Waals surface area contributed by atoms with Crippen LogP contribution in [0.2, 0.25) is 5.15 Å². The van der Waals surface area contributed by atoms with Crippen LogP contribution < -0.4 is 0 Å². The van der Waals surface area contributed by atoms with Crippen molar-refractivity contribution in [2.45, 2.75) is 17.9 Å². The van der Waals surface area contributed by atoms with Crippen molar-refractivity contribution >= 4 is 38.5 Å². The Labute approximate surface area is 161 Å². The number of hydrogen-bond acceptors (Lipinski definition) is 5. The number of pyridine rings is 1. The number of aromatic nitrogens is 2. The van der Waals surface area contributed by atoms with Gasteiger partial charge in [0, 0.05) is 42.3 Å². The van der Waals surface area contributed by atoms with Crippen LogP contribution in [0.5, 0.6) is 0 Å². The number of H-pyrrole nitrogens is 1. The molecule has 0 saturated heterocycles. The predicted molar refractivity (Wildman–Crippen MR) is 100 cm³/mol. The van der Waals surface area contributed by atoms with E-state index in [1.165, 1.54) is 29.7 Å². The zero-order chi connectivity index (χ0) is 19.2. The molecule has 1 aliphatic heterocycles. The highest BCUT2D eigenvalue weighted by Gasteiger charge is 2.30. The number of methoxy groups -OCH3 is 1. The number of carbonyl (C=O) groups is 1. The molecule has 0 spiro atoms. The van der Waals surface area contributed by atoms with Gasteiger partial charge in [0.1, 0.15) is 10.0 Å². The summed E-state index contributed by atoms with van der Waals surface area (Å²) >= 11 is 5.76. The molecule has 4 rings (SSSR count). The molecule has 140 valence electrons. The van der Waals surface area contributed by atoms with Crippen LogP contribution in [-0.2, 0) is 27.7 Å². The maximum atomic E-state index is 12.9. The van der Waals surface area contributed by atoms with Crippen molar-refractivity contribution in [1.82, 2.24) is 14.3 Å². The number of halogens is 1. The van der Waals surface area contributed by atoms with Gasteiger partial charge in [-0.15, -0.1) is 0 Å². The Kier molecular flexibility index (Phi) is 4.41. The number of fused-ring (bicyclic) bond motifs is 3. The summed E-state index contributed by atoms with van der Waals surface area (Å²) in [6, 6.07) is 8.13. The third-order valence-corrected chi connectivity index (χ3v) is 6.75. The van der Waals surface area contributed by atoms with Gasteiger partial charge in [0.05, 0.1) is 12.7 Å². The van der Waals surface area contributed by atoms with E-state index in [9.17, 15) is 13.2 Å². The molecule has 0 unspecified atom stereocenters. The maximum Gasteiger partial charge on any atom is 0.337 e. The van der Waals surface area contributed by atoms with Crippen molar-refractivity contribution in [3.05, 3.63) is 58.5 Å². The van der Waals surface area contributed by atoms with Gasteiger partial charge in [-0.1, -0.05) is 11.6 Å². The van der Waals surface area contributed by atoms with Crippen LogP contribution in [0.3, 0.4) is 0 Å². The van der Waals surface area contributed by atoms with E-state index in [0.717, 1.165) is 22.2 Å². The SMILES string of the molecule is COC(=O)c1ccc2[nH]c3c(c2c1)CN(S(=O)(=O)c1ccc(Cl)nc1)CC3. The van der Waals surface area contributed by atoms with Gasteiger partial charge in [0.15, 0.2) is 0 Å². The molecule has 1 aliphatic rings. The van der Waals surface area contributed by atoms with E-state index < -0.39 is 16.0 Å². The summed E-state index contributed by atoms with van der Waals surface area (Å²) in [5.74, 6) is -0.431. The second kappa shape index (κ2) is 6.63. The summed E-state index contributed by atoms with van der Waals surface area (Å²) in [4.78, 5) is 19.1. The van der Waals surface area contributed by atoms with Crippen molar-refractivity contribution in [1.29, 1.82) is 0 Å². The molecule has 2 aromatic heterocycles. The molecule has 0 amide bonds. The summed E-state index contributed by atoms with van der Waals surface area (Å²) in [6.07, 6.45) is 1.82. The van der Waals surface area contributed by atoms with E-state index in [0.29, 0.717) is 18.5 Å². The molecular weight excluding hydrogens is 390 g/mol. The highest BCUT2D eigenvalue weighted by molar-refractivity contribution is 7.89. The third kappa shape index (κ3) is 3.09. The molecular formula is C18H16ClN3O4S. The summed E-state index contributed by atoms with van der Waals surface area (Å²) in [5.41, 5.74) is 3.13. The minimum absolute atomic E-state index is 0.102. The highest BCUT2D eigenvalue weighted by atomic mass is 35.5. The van der Waals surface area contributed by atoms with Crippen LogP contribution in [-0.4, -0.2) is 42.3 Å². The molecule has 7 nitrogen and oxygen atoms in total. The quantitative estimate of drug-likeness (QED) is 0.534. The highest BCUT2D eigenvalue weighted by Crippen LogP contribution is 2.31. The summed E-state index contributed by atoms with van der Waals surface area (Å²) in [6.45, 7) is 0.569. The van der Waals surface area contributed by atoms with Crippen molar-refractivity contribution in [3.63, 3.8) is 0 Å². The number of hydrogen-bond donors (Lipinski definition) is 1. The molecule has 0 radical (unpaired) electrons. The predicted octanol–water partition coefficient (Wildman–Crippen LogP) is 2.75. The first kappa shape index (κ1) is 18.0. The van der Waals surface area contributed by atoms with Crippen LogP contribution in [0.25, 0.3) is 10.9 Å². The number of rotatable bonds is 3. The Morgan fingerprint density at radius 1 is 1.30 bits per heavy atom. The van der Waals surface area contributed by atoms with Gasteiger partial charge in [-0.25, -0.2) is 18.2 Å². The van der Waals surface area contributed by atoms with Gasteiger partial charge in [0.2, 0.25) is 10.0 Å². The fourth-order valence-corrected chi connectivity index (χ4v) is 4.77. The van der Waals surface area contributed by atoms with Gasteiger partial charge < -0.3 is 9.72 Å².